The summed E-state index contributed by atoms with van der Waals surface area (Å²) >= 11 is 0. The Balaban J connectivity index is 1.78. The van der Waals surface area contributed by atoms with Gasteiger partial charge in [-0.25, -0.2) is 0 Å². The summed E-state index contributed by atoms with van der Waals surface area (Å²) in [6.07, 6.45) is -9.97. The number of rotatable bonds is 6. The van der Waals surface area contributed by atoms with Crippen molar-refractivity contribution < 1.29 is 64.2 Å². The number of benzene rings is 2. The highest BCUT2D eigenvalue weighted by atomic mass is 16.7. The standard InChI is InChI=1S/C24H28O13/c1-9(26)34-16-6-11-15(33-2)7-14(29)23(37-24-20(32)19(31)18(30)17(8-25)35-24)22(11)36-21(16)10-3-4-12(27)13(28)5-10/h3-5,7,16-21,24-25,27-32H,6,8H2,1-2H3/t16-,17+,18-,19+,20-,21-,24+/m1/s1. The van der Waals surface area contributed by atoms with Crippen molar-refractivity contribution in [2.24, 2.45) is 0 Å². The molecule has 202 valence electrons. The monoisotopic (exact) mass is 524 g/mol. The smallest absolute Gasteiger partial charge is 0.303 e. The van der Waals surface area contributed by atoms with Crippen molar-refractivity contribution in [1.82, 2.24) is 0 Å². The van der Waals surface area contributed by atoms with Gasteiger partial charge < -0.3 is 59.4 Å². The van der Waals surface area contributed by atoms with Gasteiger partial charge in [-0.2, -0.15) is 0 Å². The third-order valence-electron chi connectivity index (χ3n) is 6.21. The van der Waals surface area contributed by atoms with E-state index in [4.69, 9.17) is 23.7 Å². The topological polar surface area (TPSA) is 205 Å². The van der Waals surface area contributed by atoms with Crippen LogP contribution < -0.4 is 14.2 Å². The number of methoxy groups -OCH3 is 1. The number of phenols is 3. The summed E-state index contributed by atoms with van der Waals surface area (Å²) in [6.45, 7) is 0.521. The Bertz CT molecular complexity index is 1150. The summed E-state index contributed by atoms with van der Waals surface area (Å²) in [5.41, 5.74) is 0.638. The summed E-state index contributed by atoms with van der Waals surface area (Å²) in [5.74, 6) is -2.16. The molecule has 0 spiro atoms. The lowest BCUT2D eigenvalue weighted by atomic mass is 9.93. The first-order valence-corrected chi connectivity index (χ1v) is 11.3. The Kier molecular flexibility index (Phi) is 7.52. The number of esters is 1. The van der Waals surface area contributed by atoms with Crippen LogP contribution in [0.5, 0.6) is 34.5 Å². The van der Waals surface area contributed by atoms with Crippen LogP contribution >= 0.6 is 0 Å². The van der Waals surface area contributed by atoms with E-state index in [1.807, 2.05) is 0 Å². The number of hydrogen-bond acceptors (Lipinski definition) is 13. The Morgan fingerprint density at radius 1 is 1.03 bits per heavy atom. The van der Waals surface area contributed by atoms with E-state index in [9.17, 15) is 40.5 Å². The van der Waals surface area contributed by atoms with Gasteiger partial charge in [0.25, 0.3) is 0 Å². The van der Waals surface area contributed by atoms with E-state index in [1.54, 1.807) is 0 Å². The van der Waals surface area contributed by atoms with Gasteiger partial charge in [0.1, 0.15) is 36.3 Å². The van der Waals surface area contributed by atoms with Crippen molar-refractivity contribution in [3.05, 3.63) is 35.4 Å². The zero-order chi connectivity index (χ0) is 27.0. The van der Waals surface area contributed by atoms with Gasteiger partial charge in [0, 0.05) is 30.5 Å². The fourth-order valence-corrected chi connectivity index (χ4v) is 4.36. The largest absolute Gasteiger partial charge is 0.504 e. The zero-order valence-corrected chi connectivity index (χ0v) is 19.8. The summed E-state index contributed by atoms with van der Waals surface area (Å²) < 4.78 is 28.0. The van der Waals surface area contributed by atoms with Crippen molar-refractivity contribution in [3.63, 3.8) is 0 Å². The lowest BCUT2D eigenvalue weighted by Crippen LogP contribution is -2.60. The molecular weight excluding hydrogens is 496 g/mol. The van der Waals surface area contributed by atoms with Crippen molar-refractivity contribution >= 4 is 5.97 Å². The Hall–Kier alpha value is -3.49. The molecule has 0 amide bonds. The van der Waals surface area contributed by atoms with Gasteiger partial charge in [-0.15, -0.1) is 0 Å². The van der Waals surface area contributed by atoms with Crippen molar-refractivity contribution in [2.75, 3.05) is 13.7 Å². The number of carbonyl (C=O) groups excluding carboxylic acids is 1. The molecule has 0 bridgehead atoms. The van der Waals surface area contributed by atoms with Gasteiger partial charge in [-0.3, -0.25) is 4.79 Å². The van der Waals surface area contributed by atoms with Crippen LogP contribution in [0.4, 0.5) is 0 Å². The highest BCUT2D eigenvalue weighted by molar-refractivity contribution is 5.67. The minimum Gasteiger partial charge on any atom is -0.504 e. The second-order valence-electron chi connectivity index (χ2n) is 8.69. The van der Waals surface area contributed by atoms with Crippen LogP contribution in [0.15, 0.2) is 24.3 Å². The van der Waals surface area contributed by atoms with E-state index < -0.39 is 67.0 Å². The van der Waals surface area contributed by atoms with Gasteiger partial charge in [-0.05, 0) is 12.1 Å². The molecule has 1 saturated heterocycles. The number of aliphatic hydroxyl groups is 4. The summed E-state index contributed by atoms with van der Waals surface area (Å²) in [6, 6.07) is 5.10. The van der Waals surface area contributed by atoms with Crippen LogP contribution in [0.2, 0.25) is 0 Å². The molecule has 2 aliphatic heterocycles. The Morgan fingerprint density at radius 3 is 2.38 bits per heavy atom. The molecule has 13 nitrogen and oxygen atoms in total. The molecule has 13 heteroatoms. The van der Waals surface area contributed by atoms with Crippen molar-refractivity contribution in [1.29, 1.82) is 0 Å². The van der Waals surface area contributed by atoms with Crippen LogP contribution in [0.25, 0.3) is 0 Å². The zero-order valence-electron chi connectivity index (χ0n) is 19.8. The molecule has 2 aromatic rings. The lowest BCUT2D eigenvalue weighted by molar-refractivity contribution is -0.278. The third kappa shape index (κ3) is 5.04. The number of hydrogen-bond donors (Lipinski definition) is 7. The predicted octanol–water partition coefficient (Wildman–Crippen LogP) is -0.401. The minimum atomic E-state index is -1.77. The molecule has 0 radical (unpaired) electrons. The molecule has 0 saturated carbocycles. The van der Waals surface area contributed by atoms with E-state index in [1.165, 1.54) is 38.3 Å². The van der Waals surface area contributed by atoms with Gasteiger partial charge >= 0.3 is 5.97 Å². The van der Waals surface area contributed by atoms with E-state index in [-0.39, 0.29) is 29.4 Å². The molecule has 2 heterocycles. The molecule has 0 unspecified atom stereocenters. The molecule has 2 aliphatic rings. The van der Waals surface area contributed by atoms with Gasteiger partial charge in [0.05, 0.1) is 13.7 Å². The molecule has 7 N–H and O–H groups in total. The van der Waals surface area contributed by atoms with E-state index in [0.717, 1.165) is 0 Å². The number of ether oxygens (including phenoxy) is 5. The Morgan fingerprint density at radius 2 is 1.76 bits per heavy atom. The van der Waals surface area contributed by atoms with Gasteiger partial charge in [0.15, 0.2) is 29.1 Å². The van der Waals surface area contributed by atoms with E-state index in [2.05, 4.69) is 0 Å². The minimum absolute atomic E-state index is 0.00964. The maximum Gasteiger partial charge on any atom is 0.303 e. The molecule has 0 aromatic heterocycles. The summed E-state index contributed by atoms with van der Waals surface area (Å²) in [4.78, 5) is 11.8. The highest BCUT2D eigenvalue weighted by Gasteiger charge is 2.46. The first-order chi connectivity index (χ1) is 17.5. The molecule has 1 fully saturated rings. The maximum atomic E-state index is 11.8. The number of phenolic OH excluding ortho intramolecular Hbond substituents is 3. The average molecular weight is 524 g/mol. The first-order valence-electron chi connectivity index (χ1n) is 11.3. The third-order valence-corrected chi connectivity index (χ3v) is 6.21. The quantitative estimate of drug-likeness (QED) is 0.190. The molecule has 0 aliphatic carbocycles. The lowest BCUT2D eigenvalue weighted by Gasteiger charge is -2.40. The van der Waals surface area contributed by atoms with Crippen molar-refractivity contribution in [3.8, 4) is 34.5 Å². The van der Waals surface area contributed by atoms with Crippen LogP contribution in [0.1, 0.15) is 24.2 Å². The summed E-state index contributed by atoms with van der Waals surface area (Å²) in [5, 5.41) is 70.5. The number of carbonyl (C=O) groups is 1. The fourth-order valence-electron chi connectivity index (χ4n) is 4.36. The van der Waals surface area contributed by atoms with Gasteiger partial charge in [-0.1, -0.05) is 6.07 Å². The fraction of sp³-hybridized carbons (Fsp3) is 0.458. The molecular formula is C24H28O13. The number of aromatic hydroxyl groups is 3. The van der Waals surface area contributed by atoms with Gasteiger partial charge in [0.2, 0.25) is 12.0 Å². The van der Waals surface area contributed by atoms with E-state index in [0.29, 0.717) is 11.1 Å². The Labute approximate surface area is 210 Å². The van der Waals surface area contributed by atoms with Crippen LogP contribution in [-0.2, 0) is 20.7 Å². The highest BCUT2D eigenvalue weighted by Crippen LogP contribution is 2.51. The number of aliphatic hydroxyl groups excluding tert-OH is 4. The second-order valence-corrected chi connectivity index (χ2v) is 8.69. The number of fused-ring (bicyclic) bond motifs is 1. The molecule has 2 aromatic carbocycles. The average Bonchev–Trinajstić information content (AvgIpc) is 2.86. The molecule has 4 rings (SSSR count). The normalized spacial score (nSPS) is 29.1. The first kappa shape index (κ1) is 26.6. The van der Waals surface area contributed by atoms with Crippen LogP contribution in [0.3, 0.4) is 0 Å². The molecule has 37 heavy (non-hydrogen) atoms. The van der Waals surface area contributed by atoms with Crippen LogP contribution in [0, 0.1) is 0 Å². The van der Waals surface area contributed by atoms with E-state index >= 15 is 0 Å². The predicted molar refractivity (Wildman–Crippen MR) is 121 cm³/mol. The van der Waals surface area contributed by atoms with Crippen molar-refractivity contribution in [2.45, 2.75) is 56.3 Å². The summed E-state index contributed by atoms with van der Waals surface area (Å²) in [7, 11) is 1.35. The molecule has 7 atom stereocenters. The SMILES string of the molecule is COc1cc(O)c(O[C@@H]2O[C@@H](CO)[C@@H](O)[C@H](O)[C@H]2O)c2c1C[C@@H](OC(C)=O)[C@@H](c1ccc(O)c(O)c1)O2. The second kappa shape index (κ2) is 10.5. The maximum absolute atomic E-state index is 11.8. The van der Waals surface area contributed by atoms with Crippen LogP contribution in [-0.4, -0.2) is 92.2 Å².